The predicted molar refractivity (Wildman–Crippen MR) is 188 cm³/mol. The number of nitrogens with zero attached hydrogens (tertiary/aromatic N) is 2. The highest BCUT2D eigenvalue weighted by molar-refractivity contribution is 6.10. The Kier molecular flexibility index (Phi) is 7.16. The van der Waals surface area contributed by atoms with Crippen LogP contribution in [0.25, 0.3) is 55.0 Å². The Morgan fingerprint density at radius 3 is 1.37 bits per heavy atom. The third kappa shape index (κ3) is 4.86. The van der Waals surface area contributed by atoms with Crippen molar-refractivity contribution in [2.24, 2.45) is 0 Å². The molecule has 0 spiro atoms. The van der Waals surface area contributed by atoms with Crippen molar-refractivity contribution in [3.8, 4) is 22.9 Å². The smallest absolute Gasteiger partial charge is 0.123 e. The highest BCUT2D eigenvalue weighted by Crippen LogP contribution is 2.36. The average molecular weight is 603 g/mol. The SMILES string of the molecule is CCCOc1cc(CO)cc(OCc2cc(-n3c4ccccc4c4ccccc43)cc(-n3c4ccccc4c4ccccc43)c2)c1. The van der Waals surface area contributed by atoms with Gasteiger partial charge in [0.25, 0.3) is 0 Å². The predicted octanol–water partition coefficient (Wildman–Crippen LogP) is 9.74. The Balaban J connectivity index is 1.32. The standard InChI is InChI=1S/C41H34N2O3/c1-2-19-45-32-22-28(26-44)23-33(25-32)46-27-29-20-30(42-38-15-7-3-11-34(38)35-12-4-8-16-39(35)42)24-31(21-29)43-40-17-9-5-13-36(40)37-14-6-10-18-41(37)43/h3-18,20-25,44H,2,19,26-27H2,1H3. The lowest BCUT2D eigenvalue weighted by Crippen LogP contribution is -2.04. The number of benzene rings is 6. The molecule has 0 unspecified atom stereocenters. The molecule has 2 aromatic heterocycles. The van der Waals surface area contributed by atoms with Gasteiger partial charge < -0.3 is 23.7 Å². The van der Waals surface area contributed by atoms with Gasteiger partial charge in [0, 0.05) is 39.0 Å². The van der Waals surface area contributed by atoms with E-state index in [0.29, 0.717) is 24.7 Å². The number of aliphatic hydroxyl groups is 1. The normalized spacial score (nSPS) is 11.6. The maximum Gasteiger partial charge on any atom is 0.123 e. The zero-order valence-electron chi connectivity index (χ0n) is 25.7. The molecule has 0 saturated heterocycles. The molecule has 0 bridgehead atoms. The topological polar surface area (TPSA) is 48.5 Å². The van der Waals surface area contributed by atoms with Crippen molar-refractivity contribution in [1.82, 2.24) is 9.13 Å². The van der Waals surface area contributed by atoms with Crippen LogP contribution in [0.3, 0.4) is 0 Å². The molecule has 0 aliphatic heterocycles. The number of fused-ring (bicyclic) bond motifs is 6. The van der Waals surface area contributed by atoms with Gasteiger partial charge >= 0.3 is 0 Å². The van der Waals surface area contributed by atoms with Gasteiger partial charge in [0.05, 0.1) is 35.3 Å². The fourth-order valence-corrected chi connectivity index (χ4v) is 6.67. The number of ether oxygens (including phenoxy) is 2. The minimum absolute atomic E-state index is 0.0825. The van der Waals surface area contributed by atoms with Crippen LogP contribution >= 0.6 is 0 Å². The van der Waals surface area contributed by atoms with Crippen LogP contribution in [0.1, 0.15) is 24.5 Å². The number of rotatable bonds is 9. The fourth-order valence-electron chi connectivity index (χ4n) is 6.67. The molecule has 0 radical (unpaired) electrons. The molecule has 0 saturated carbocycles. The number of aliphatic hydroxyl groups excluding tert-OH is 1. The fraction of sp³-hybridized carbons (Fsp3) is 0.122. The summed E-state index contributed by atoms with van der Waals surface area (Å²) in [6, 6.07) is 46.7. The summed E-state index contributed by atoms with van der Waals surface area (Å²) >= 11 is 0. The summed E-state index contributed by atoms with van der Waals surface area (Å²) in [5.41, 5.74) is 8.53. The first-order valence-electron chi connectivity index (χ1n) is 15.8. The Labute approximate surface area is 267 Å². The number of para-hydroxylation sites is 4. The number of aromatic nitrogens is 2. The molecule has 5 heteroatoms. The van der Waals surface area contributed by atoms with Gasteiger partial charge in [-0.15, -0.1) is 0 Å². The van der Waals surface area contributed by atoms with E-state index in [-0.39, 0.29) is 6.61 Å². The van der Waals surface area contributed by atoms with E-state index in [1.54, 1.807) is 0 Å². The van der Waals surface area contributed by atoms with E-state index in [4.69, 9.17) is 9.47 Å². The van der Waals surface area contributed by atoms with Gasteiger partial charge in [0.1, 0.15) is 18.1 Å². The average Bonchev–Trinajstić information content (AvgIpc) is 3.63. The van der Waals surface area contributed by atoms with Crippen molar-refractivity contribution < 1.29 is 14.6 Å². The largest absolute Gasteiger partial charge is 0.493 e. The van der Waals surface area contributed by atoms with Crippen molar-refractivity contribution >= 4 is 43.6 Å². The van der Waals surface area contributed by atoms with Gasteiger partial charge in [-0.2, -0.15) is 0 Å². The molecule has 6 aromatic carbocycles. The third-order valence-corrected chi connectivity index (χ3v) is 8.64. The summed E-state index contributed by atoms with van der Waals surface area (Å²) < 4.78 is 17.0. The van der Waals surface area contributed by atoms with E-state index in [1.165, 1.54) is 21.5 Å². The summed E-state index contributed by atoms with van der Waals surface area (Å²) in [6.45, 7) is 2.95. The second kappa shape index (κ2) is 11.8. The first kappa shape index (κ1) is 28.0. The van der Waals surface area contributed by atoms with Gasteiger partial charge in [-0.1, -0.05) is 79.7 Å². The summed E-state index contributed by atoms with van der Waals surface area (Å²) in [5, 5.41) is 14.8. The minimum atomic E-state index is -0.0825. The molecule has 226 valence electrons. The zero-order chi connectivity index (χ0) is 31.0. The van der Waals surface area contributed by atoms with Crippen molar-refractivity contribution in [3.05, 3.63) is 145 Å². The quantitative estimate of drug-likeness (QED) is 0.179. The van der Waals surface area contributed by atoms with Gasteiger partial charge in [0.2, 0.25) is 0 Å². The van der Waals surface area contributed by atoms with Crippen molar-refractivity contribution in [1.29, 1.82) is 0 Å². The van der Waals surface area contributed by atoms with Crippen LogP contribution in [0, 0.1) is 0 Å². The molecule has 0 amide bonds. The van der Waals surface area contributed by atoms with Crippen molar-refractivity contribution in [2.45, 2.75) is 26.6 Å². The summed E-state index contributed by atoms with van der Waals surface area (Å²) in [4.78, 5) is 0. The van der Waals surface area contributed by atoms with Gasteiger partial charge in [0.15, 0.2) is 0 Å². The van der Waals surface area contributed by atoms with Crippen LogP contribution in [0.2, 0.25) is 0 Å². The summed E-state index contributed by atoms with van der Waals surface area (Å²) in [7, 11) is 0. The summed E-state index contributed by atoms with van der Waals surface area (Å²) in [6.07, 6.45) is 0.903. The highest BCUT2D eigenvalue weighted by atomic mass is 16.5. The number of hydrogen-bond acceptors (Lipinski definition) is 3. The molecule has 0 aliphatic rings. The third-order valence-electron chi connectivity index (χ3n) is 8.64. The monoisotopic (exact) mass is 602 g/mol. The maximum atomic E-state index is 9.91. The van der Waals surface area contributed by atoms with Crippen LogP contribution in [0.5, 0.6) is 11.5 Å². The van der Waals surface area contributed by atoms with Crippen LogP contribution in [0.15, 0.2) is 133 Å². The molecule has 46 heavy (non-hydrogen) atoms. The van der Waals surface area contributed by atoms with E-state index in [2.05, 4.69) is 131 Å². The molecular weight excluding hydrogens is 568 g/mol. The number of hydrogen-bond donors (Lipinski definition) is 1. The van der Waals surface area contributed by atoms with Crippen LogP contribution in [-0.4, -0.2) is 20.8 Å². The van der Waals surface area contributed by atoms with E-state index < -0.39 is 0 Å². The Morgan fingerprint density at radius 1 is 0.500 bits per heavy atom. The van der Waals surface area contributed by atoms with Gasteiger partial charge in [-0.25, -0.2) is 0 Å². The molecule has 1 N–H and O–H groups in total. The lowest BCUT2D eigenvalue weighted by molar-refractivity contribution is 0.272. The molecule has 2 heterocycles. The van der Waals surface area contributed by atoms with E-state index >= 15 is 0 Å². The van der Waals surface area contributed by atoms with E-state index in [0.717, 1.165) is 51.0 Å². The maximum absolute atomic E-state index is 9.91. The molecule has 0 aliphatic carbocycles. The molecule has 8 aromatic rings. The van der Waals surface area contributed by atoms with Crippen LogP contribution < -0.4 is 9.47 Å². The second-order valence-corrected chi connectivity index (χ2v) is 11.7. The van der Waals surface area contributed by atoms with Gasteiger partial charge in [-0.3, -0.25) is 0 Å². The van der Waals surface area contributed by atoms with E-state index in [9.17, 15) is 5.11 Å². The van der Waals surface area contributed by atoms with Crippen LogP contribution in [-0.2, 0) is 13.2 Å². The second-order valence-electron chi connectivity index (χ2n) is 11.7. The minimum Gasteiger partial charge on any atom is -0.493 e. The van der Waals surface area contributed by atoms with Crippen LogP contribution in [0.4, 0.5) is 0 Å². The Hall–Kier alpha value is -5.52. The van der Waals surface area contributed by atoms with Crippen molar-refractivity contribution in [3.63, 3.8) is 0 Å². The molecular formula is C41H34N2O3. The molecule has 8 rings (SSSR count). The molecule has 0 fully saturated rings. The molecule has 5 nitrogen and oxygen atoms in total. The van der Waals surface area contributed by atoms with Gasteiger partial charge in [-0.05, 0) is 72.1 Å². The van der Waals surface area contributed by atoms with E-state index in [1.807, 2.05) is 18.2 Å². The highest BCUT2D eigenvalue weighted by Gasteiger charge is 2.17. The molecule has 0 atom stereocenters. The zero-order valence-corrected chi connectivity index (χ0v) is 25.7. The Morgan fingerprint density at radius 2 is 0.935 bits per heavy atom. The first-order chi connectivity index (χ1) is 22.7. The Bertz CT molecular complexity index is 2130. The first-order valence-corrected chi connectivity index (χ1v) is 15.8. The lowest BCUT2D eigenvalue weighted by atomic mass is 10.1. The summed E-state index contributed by atoms with van der Waals surface area (Å²) in [5.74, 6) is 1.37. The van der Waals surface area contributed by atoms with Crippen molar-refractivity contribution in [2.75, 3.05) is 6.61 Å². The lowest BCUT2D eigenvalue weighted by Gasteiger charge is -2.16.